The van der Waals surface area contributed by atoms with Crippen molar-refractivity contribution in [2.24, 2.45) is 0 Å². The number of hydrogen-bond donors (Lipinski definition) is 1. The first-order chi connectivity index (χ1) is 15.1. The van der Waals surface area contributed by atoms with Crippen LogP contribution in [0.1, 0.15) is 28.8 Å². The van der Waals surface area contributed by atoms with Crippen LogP contribution in [-0.4, -0.2) is 42.1 Å². The Kier molecular flexibility index (Phi) is 7.16. The molecule has 1 atom stereocenters. The van der Waals surface area contributed by atoms with Gasteiger partial charge in [-0.2, -0.15) is 18.4 Å². The zero-order chi connectivity index (χ0) is 23.5. The zero-order valence-electron chi connectivity index (χ0n) is 16.4. The number of benzene rings is 2. The molecule has 1 saturated heterocycles. The first-order valence-electron chi connectivity index (χ1n) is 9.39. The summed E-state index contributed by atoms with van der Waals surface area (Å²) in [6, 6.07) is 9.12. The van der Waals surface area contributed by atoms with Gasteiger partial charge in [0, 0.05) is 17.3 Å². The summed E-state index contributed by atoms with van der Waals surface area (Å²) in [4.78, 5) is 27.2. The average Bonchev–Trinajstić information content (AvgIpc) is 3.23. The summed E-state index contributed by atoms with van der Waals surface area (Å²) in [5.74, 6) is -1.19. The highest BCUT2D eigenvalue weighted by molar-refractivity contribution is 6.35. The van der Waals surface area contributed by atoms with Crippen molar-refractivity contribution in [3.05, 3.63) is 57.6 Å². The van der Waals surface area contributed by atoms with E-state index in [1.54, 1.807) is 12.1 Å². The molecule has 0 saturated carbocycles. The number of nitrogens with zero attached hydrogens (tertiary/aromatic N) is 2. The molecule has 1 heterocycles. The van der Waals surface area contributed by atoms with Crippen LogP contribution < -0.4 is 10.1 Å². The lowest BCUT2D eigenvalue weighted by Gasteiger charge is -2.24. The van der Waals surface area contributed by atoms with Gasteiger partial charge in [-0.25, -0.2) is 0 Å². The van der Waals surface area contributed by atoms with Gasteiger partial charge in [0.25, 0.3) is 5.91 Å². The fraction of sp³-hybridized carbons (Fsp3) is 0.286. The summed E-state index contributed by atoms with van der Waals surface area (Å²) in [7, 11) is 0. The van der Waals surface area contributed by atoms with E-state index < -0.39 is 30.6 Å². The van der Waals surface area contributed by atoms with Crippen LogP contribution in [-0.2, 0) is 4.79 Å². The Hall–Kier alpha value is -2.96. The maximum atomic E-state index is 12.9. The second kappa shape index (κ2) is 9.67. The molecule has 1 N–H and O–H groups in total. The van der Waals surface area contributed by atoms with Crippen LogP contribution >= 0.6 is 23.2 Å². The summed E-state index contributed by atoms with van der Waals surface area (Å²) >= 11 is 12.1. The number of hydrogen-bond acceptors (Lipinski definition) is 4. The molecule has 1 unspecified atom stereocenters. The van der Waals surface area contributed by atoms with Crippen molar-refractivity contribution >= 4 is 40.7 Å². The number of nitriles is 1. The molecule has 2 amide bonds. The molecule has 11 heteroatoms. The largest absolute Gasteiger partial charge is 0.483 e. The SMILES string of the molecule is N#Cc1cc(NC(=O)C2CCCN2C(=O)c2cc(Cl)ccc2Cl)ccc1OCC(F)(F)F. The lowest BCUT2D eigenvalue weighted by atomic mass is 10.1. The first kappa shape index (κ1) is 23.7. The molecule has 168 valence electrons. The van der Waals surface area contributed by atoms with Crippen molar-refractivity contribution in [1.82, 2.24) is 4.90 Å². The Balaban J connectivity index is 1.74. The molecule has 1 fully saturated rings. The van der Waals surface area contributed by atoms with E-state index in [1.165, 1.54) is 35.2 Å². The van der Waals surface area contributed by atoms with Crippen LogP contribution in [0, 0.1) is 11.3 Å². The Bertz CT molecular complexity index is 1090. The smallest absolute Gasteiger partial charge is 0.422 e. The van der Waals surface area contributed by atoms with Gasteiger partial charge in [0.2, 0.25) is 5.91 Å². The summed E-state index contributed by atoms with van der Waals surface area (Å²) in [6.45, 7) is -1.20. The van der Waals surface area contributed by atoms with Gasteiger partial charge in [0.1, 0.15) is 17.9 Å². The third-order valence-electron chi connectivity index (χ3n) is 4.73. The topological polar surface area (TPSA) is 82.4 Å². The molecule has 2 aromatic rings. The summed E-state index contributed by atoms with van der Waals surface area (Å²) < 4.78 is 41.7. The van der Waals surface area contributed by atoms with Crippen LogP contribution in [0.2, 0.25) is 10.0 Å². The van der Waals surface area contributed by atoms with Crippen molar-refractivity contribution in [2.45, 2.75) is 25.1 Å². The van der Waals surface area contributed by atoms with E-state index in [2.05, 4.69) is 10.1 Å². The van der Waals surface area contributed by atoms with Crippen LogP contribution in [0.5, 0.6) is 5.75 Å². The fourth-order valence-electron chi connectivity index (χ4n) is 3.30. The Labute approximate surface area is 191 Å². The summed E-state index contributed by atoms with van der Waals surface area (Å²) in [5, 5.41) is 12.3. The Morgan fingerprint density at radius 2 is 1.97 bits per heavy atom. The minimum absolute atomic E-state index is 0.169. The van der Waals surface area contributed by atoms with Gasteiger partial charge in [-0.1, -0.05) is 23.2 Å². The Morgan fingerprint density at radius 3 is 2.66 bits per heavy atom. The third-order valence-corrected chi connectivity index (χ3v) is 5.30. The quantitative estimate of drug-likeness (QED) is 0.642. The molecule has 1 aliphatic rings. The number of rotatable bonds is 5. The number of anilines is 1. The maximum Gasteiger partial charge on any atom is 0.422 e. The molecule has 0 radical (unpaired) electrons. The second-order valence-corrected chi connectivity index (χ2v) is 7.84. The molecule has 32 heavy (non-hydrogen) atoms. The minimum Gasteiger partial charge on any atom is -0.483 e. The maximum absolute atomic E-state index is 12.9. The van der Waals surface area contributed by atoms with Crippen molar-refractivity contribution in [3.8, 4) is 11.8 Å². The normalized spacial score (nSPS) is 15.9. The van der Waals surface area contributed by atoms with Crippen molar-refractivity contribution in [1.29, 1.82) is 5.26 Å². The highest BCUT2D eigenvalue weighted by atomic mass is 35.5. The van der Waals surface area contributed by atoms with E-state index in [0.717, 1.165) is 0 Å². The van der Waals surface area contributed by atoms with Gasteiger partial charge in [-0.3, -0.25) is 9.59 Å². The van der Waals surface area contributed by atoms with Gasteiger partial charge in [0.15, 0.2) is 6.61 Å². The predicted molar refractivity (Wildman–Crippen MR) is 112 cm³/mol. The molecule has 0 aromatic heterocycles. The lowest BCUT2D eigenvalue weighted by Crippen LogP contribution is -2.43. The number of carbonyl (C=O) groups excluding carboxylic acids is 2. The number of halogens is 5. The molecule has 0 spiro atoms. The lowest BCUT2D eigenvalue weighted by molar-refractivity contribution is -0.153. The fourth-order valence-corrected chi connectivity index (χ4v) is 3.68. The van der Waals surface area contributed by atoms with Crippen LogP contribution in [0.15, 0.2) is 36.4 Å². The van der Waals surface area contributed by atoms with Gasteiger partial charge in [-0.05, 0) is 49.2 Å². The van der Waals surface area contributed by atoms with Gasteiger partial charge >= 0.3 is 6.18 Å². The number of nitrogens with one attached hydrogen (secondary N) is 1. The van der Waals surface area contributed by atoms with Crippen LogP contribution in [0.25, 0.3) is 0 Å². The highest BCUT2D eigenvalue weighted by Gasteiger charge is 2.35. The predicted octanol–water partition coefficient (Wildman–Crippen LogP) is 5.05. The summed E-state index contributed by atoms with van der Waals surface area (Å²) in [6.07, 6.45) is -3.55. The van der Waals surface area contributed by atoms with E-state index in [4.69, 9.17) is 23.2 Å². The van der Waals surface area contributed by atoms with Crippen molar-refractivity contribution in [2.75, 3.05) is 18.5 Å². The number of likely N-dealkylation sites (tertiary alicyclic amines) is 1. The van der Waals surface area contributed by atoms with Crippen LogP contribution in [0.3, 0.4) is 0 Å². The van der Waals surface area contributed by atoms with Gasteiger partial charge in [-0.15, -0.1) is 0 Å². The minimum atomic E-state index is -4.55. The molecule has 2 aromatic carbocycles. The van der Waals surface area contributed by atoms with E-state index >= 15 is 0 Å². The second-order valence-electron chi connectivity index (χ2n) is 7.00. The van der Waals surface area contributed by atoms with Gasteiger partial charge in [0.05, 0.1) is 16.1 Å². The number of carbonyl (C=O) groups is 2. The van der Waals surface area contributed by atoms with Crippen LogP contribution in [0.4, 0.5) is 18.9 Å². The first-order valence-corrected chi connectivity index (χ1v) is 10.2. The molecule has 6 nitrogen and oxygen atoms in total. The monoisotopic (exact) mass is 485 g/mol. The number of ether oxygens (including phenoxy) is 1. The Morgan fingerprint density at radius 1 is 1.22 bits per heavy atom. The van der Waals surface area contributed by atoms with E-state index in [1.807, 2.05) is 0 Å². The van der Waals surface area contributed by atoms with E-state index in [-0.39, 0.29) is 27.6 Å². The molecule has 1 aliphatic heterocycles. The number of amides is 2. The van der Waals surface area contributed by atoms with Crippen molar-refractivity contribution < 1.29 is 27.5 Å². The van der Waals surface area contributed by atoms with E-state index in [0.29, 0.717) is 24.4 Å². The molecule has 0 bridgehead atoms. The molecule has 0 aliphatic carbocycles. The number of alkyl halides is 3. The zero-order valence-corrected chi connectivity index (χ0v) is 17.9. The highest BCUT2D eigenvalue weighted by Crippen LogP contribution is 2.28. The molecule has 3 rings (SSSR count). The molecular formula is C21H16Cl2F3N3O3. The molecular weight excluding hydrogens is 470 g/mol. The van der Waals surface area contributed by atoms with E-state index in [9.17, 15) is 28.0 Å². The average molecular weight is 486 g/mol. The van der Waals surface area contributed by atoms with Gasteiger partial charge < -0.3 is 15.0 Å². The standard InChI is InChI=1S/C21H16Cl2F3N3O3/c22-13-3-5-16(23)15(9-13)20(31)29-7-1-2-17(29)19(30)28-14-4-6-18(12(8-14)10-27)32-11-21(24,25)26/h3-6,8-9,17H,1-2,7,11H2,(H,28,30). The van der Waals surface area contributed by atoms with Crippen molar-refractivity contribution in [3.63, 3.8) is 0 Å². The third kappa shape index (κ3) is 5.64. The summed E-state index contributed by atoms with van der Waals surface area (Å²) in [5.41, 5.74) is 0.194.